The maximum Gasteiger partial charge on any atom is 0.407 e. The number of amides is 1. The van der Waals surface area contributed by atoms with Crippen molar-refractivity contribution < 1.29 is 19.1 Å². The first-order chi connectivity index (χ1) is 18.1. The Kier molecular flexibility index (Phi) is 9.81. The number of nitrogens with one attached hydrogen (secondary N) is 2. The summed E-state index contributed by atoms with van der Waals surface area (Å²) in [6.07, 6.45) is 7.53. The number of hydrogen-bond acceptors (Lipinski definition) is 9. The van der Waals surface area contributed by atoms with Gasteiger partial charge in [-0.2, -0.15) is 0 Å². The number of aliphatic imine (C=N–C) groups is 1. The number of nitrogens with two attached hydrogens (primary N) is 1. The quantitative estimate of drug-likeness (QED) is 0.340. The summed E-state index contributed by atoms with van der Waals surface area (Å²) in [4.78, 5) is 37.3. The van der Waals surface area contributed by atoms with Gasteiger partial charge in [-0.15, -0.1) is 0 Å². The number of aromatic nitrogens is 2. The van der Waals surface area contributed by atoms with Crippen molar-refractivity contribution in [3.8, 4) is 11.3 Å². The largest absolute Gasteiger partial charge is 0.469 e. The van der Waals surface area contributed by atoms with Gasteiger partial charge in [0.25, 0.3) is 0 Å². The number of benzene rings is 1. The Bertz CT molecular complexity index is 1180. The molecule has 10 nitrogen and oxygen atoms in total. The number of rotatable bonds is 8. The number of methoxy groups -OCH3 is 1. The third-order valence-corrected chi connectivity index (χ3v) is 6.21. The Morgan fingerprint density at radius 3 is 2.55 bits per heavy atom. The van der Waals surface area contributed by atoms with Crippen LogP contribution in [-0.2, 0) is 20.8 Å². The van der Waals surface area contributed by atoms with E-state index in [-0.39, 0.29) is 17.9 Å². The number of esters is 1. The van der Waals surface area contributed by atoms with Crippen LogP contribution in [0.25, 0.3) is 11.3 Å². The minimum absolute atomic E-state index is 0.0378. The van der Waals surface area contributed by atoms with Crippen LogP contribution in [0.4, 0.5) is 10.7 Å². The lowest BCUT2D eigenvalue weighted by Crippen LogP contribution is -2.32. The summed E-state index contributed by atoms with van der Waals surface area (Å²) in [6.45, 7) is 7.84. The SMILES string of the molecule is COC(=O)C1CCC(N=C/C(=C\N)Nc2nccc(-c3ccc(CNC(=O)OC(C)(C)C)c(C)c3)n2)CC1. The number of carbonyl (C=O) groups is 2. The van der Waals surface area contributed by atoms with Crippen LogP contribution in [0.2, 0.25) is 0 Å². The van der Waals surface area contributed by atoms with Crippen LogP contribution in [0.1, 0.15) is 57.6 Å². The third-order valence-electron chi connectivity index (χ3n) is 6.21. The average molecular weight is 523 g/mol. The number of hydrogen-bond donors (Lipinski definition) is 3. The smallest absolute Gasteiger partial charge is 0.407 e. The minimum Gasteiger partial charge on any atom is -0.469 e. The molecule has 0 atom stereocenters. The predicted molar refractivity (Wildman–Crippen MR) is 147 cm³/mol. The number of allylic oxidation sites excluding steroid dienone is 1. The monoisotopic (exact) mass is 522 g/mol. The average Bonchev–Trinajstić information content (AvgIpc) is 2.89. The highest BCUT2D eigenvalue weighted by atomic mass is 16.6. The van der Waals surface area contributed by atoms with Gasteiger partial charge < -0.3 is 25.8 Å². The molecule has 1 heterocycles. The number of ether oxygens (including phenoxy) is 2. The molecule has 2 aromatic rings. The van der Waals surface area contributed by atoms with Gasteiger partial charge in [-0.1, -0.05) is 12.1 Å². The highest BCUT2D eigenvalue weighted by Gasteiger charge is 2.26. The molecule has 38 heavy (non-hydrogen) atoms. The van der Waals surface area contributed by atoms with Crippen molar-refractivity contribution in [2.24, 2.45) is 16.6 Å². The zero-order valence-corrected chi connectivity index (χ0v) is 22.8. The molecule has 0 bridgehead atoms. The molecule has 0 aliphatic heterocycles. The molecule has 1 aromatic carbocycles. The first-order valence-electron chi connectivity index (χ1n) is 12.8. The molecule has 4 N–H and O–H groups in total. The highest BCUT2D eigenvalue weighted by Crippen LogP contribution is 2.27. The van der Waals surface area contributed by atoms with Crippen LogP contribution in [0.15, 0.2) is 47.4 Å². The maximum atomic E-state index is 12.0. The van der Waals surface area contributed by atoms with E-state index in [2.05, 4.69) is 25.6 Å². The lowest BCUT2D eigenvalue weighted by Gasteiger charge is -2.24. The van der Waals surface area contributed by atoms with E-state index in [1.165, 1.54) is 13.3 Å². The van der Waals surface area contributed by atoms with Gasteiger partial charge in [-0.3, -0.25) is 9.79 Å². The van der Waals surface area contributed by atoms with Gasteiger partial charge in [-0.05, 0) is 76.6 Å². The van der Waals surface area contributed by atoms with Gasteiger partial charge >= 0.3 is 12.1 Å². The standard InChI is InChI=1S/C28H38N6O4/c1-18-14-20(6-7-21(18)16-32-27(36)38-28(2,3)4)24-12-13-30-26(34-24)33-23(15-29)17-31-22-10-8-19(9-11-22)25(35)37-5/h6-7,12-15,17,19,22H,8-11,16,29H2,1-5H3,(H,32,36)(H,30,33,34)/b23-15+,31-17?. The lowest BCUT2D eigenvalue weighted by molar-refractivity contribution is -0.146. The molecule has 1 amide bonds. The number of anilines is 1. The van der Waals surface area contributed by atoms with E-state index >= 15 is 0 Å². The summed E-state index contributed by atoms with van der Waals surface area (Å²) in [5.74, 6) is 0.216. The predicted octanol–water partition coefficient (Wildman–Crippen LogP) is 4.49. The highest BCUT2D eigenvalue weighted by molar-refractivity contribution is 5.82. The molecule has 0 unspecified atom stereocenters. The van der Waals surface area contributed by atoms with Crippen LogP contribution < -0.4 is 16.4 Å². The molecular formula is C28H38N6O4. The van der Waals surface area contributed by atoms with Crippen molar-refractivity contribution in [1.29, 1.82) is 0 Å². The van der Waals surface area contributed by atoms with E-state index in [0.29, 0.717) is 18.2 Å². The Labute approximate surface area is 224 Å². The Morgan fingerprint density at radius 2 is 1.92 bits per heavy atom. The number of alkyl carbamates (subject to hydrolysis) is 1. The van der Waals surface area contributed by atoms with Gasteiger partial charge in [0.15, 0.2) is 0 Å². The second-order valence-corrected chi connectivity index (χ2v) is 10.3. The summed E-state index contributed by atoms with van der Waals surface area (Å²) in [6, 6.07) is 7.90. The van der Waals surface area contributed by atoms with Gasteiger partial charge in [-0.25, -0.2) is 14.8 Å². The maximum absolute atomic E-state index is 12.0. The molecule has 10 heteroatoms. The zero-order valence-electron chi connectivity index (χ0n) is 22.8. The number of carbonyl (C=O) groups excluding carboxylic acids is 2. The molecular weight excluding hydrogens is 484 g/mol. The Hall–Kier alpha value is -3.95. The summed E-state index contributed by atoms with van der Waals surface area (Å²) in [5, 5.41) is 5.91. The Morgan fingerprint density at radius 1 is 1.18 bits per heavy atom. The van der Waals surface area contributed by atoms with Crippen LogP contribution in [0.5, 0.6) is 0 Å². The second kappa shape index (κ2) is 13.0. The van der Waals surface area contributed by atoms with Crippen LogP contribution in [-0.4, -0.2) is 47.0 Å². The molecule has 1 aliphatic carbocycles. The fourth-order valence-electron chi connectivity index (χ4n) is 4.17. The van der Waals surface area contributed by atoms with E-state index in [9.17, 15) is 9.59 Å². The fraction of sp³-hybridized carbons (Fsp3) is 0.464. The van der Waals surface area contributed by atoms with Gasteiger partial charge in [0.2, 0.25) is 5.95 Å². The number of aryl methyl sites for hydroxylation is 1. The van der Waals surface area contributed by atoms with Crippen molar-refractivity contribution in [1.82, 2.24) is 15.3 Å². The molecule has 1 aromatic heterocycles. The summed E-state index contributed by atoms with van der Waals surface area (Å²) >= 11 is 0. The lowest BCUT2D eigenvalue weighted by atomic mass is 9.86. The first kappa shape index (κ1) is 28.6. The fourth-order valence-corrected chi connectivity index (χ4v) is 4.17. The molecule has 3 rings (SSSR count). The molecule has 1 aliphatic rings. The van der Waals surface area contributed by atoms with Gasteiger partial charge in [0, 0.05) is 30.7 Å². The van der Waals surface area contributed by atoms with E-state index in [1.807, 2.05) is 52.0 Å². The van der Waals surface area contributed by atoms with E-state index in [1.54, 1.807) is 12.4 Å². The topological polar surface area (TPSA) is 141 Å². The molecule has 1 saturated carbocycles. The molecule has 1 fully saturated rings. The summed E-state index contributed by atoms with van der Waals surface area (Å²) < 4.78 is 10.1. The summed E-state index contributed by atoms with van der Waals surface area (Å²) in [5.41, 5.74) is 9.51. The van der Waals surface area contributed by atoms with Crippen molar-refractivity contribution in [3.05, 3.63) is 53.5 Å². The molecule has 0 saturated heterocycles. The van der Waals surface area contributed by atoms with Crippen molar-refractivity contribution >= 4 is 24.2 Å². The Balaban J connectivity index is 1.60. The number of nitrogens with zero attached hydrogens (tertiary/aromatic N) is 3. The van der Waals surface area contributed by atoms with Crippen molar-refractivity contribution in [2.75, 3.05) is 12.4 Å². The van der Waals surface area contributed by atoms with Crippen LogP contribution in [0.3, 0.4) is 0 Å². The zero-order chi connectivity index (χ0) is 27.7. The molecule has 204 valence electrons. The minimum atomic E-state index is -0.544. The van der Waals surface area contributed by atoms with E-state index in [0.717, 1.165) is 48.1 Å². The first-order valence-corrected chi connectivity index (χ1v) is 12.8. The summed E-state index contributed by atoms with van der Waals surface area (Å²) in [7, 11) is 1.43. The van der Waals surface area contributed by atoms with Crippen LogP contribution in [0, 0.1) is 12.8 Å². The van der Waals surface area contributed by atoms with Crippen molar-refractivity contribution in [2.45, 2.75) is 71.6 Å². The van der Waals surface area contributed by atoms with Crippen LogP contribution >= 0.6 is 0 Å². The van der Waals surface area contributed by atoms with Crippen molar-refractivity contribution in [3.63, 3.8) is 0 Å². The second-order valence-electron chi connectivity index (χ2n) is 10.3. The van der Waals surface area contributed by atoms with Gasteiger partial charge in [0.05, 0.1) is 30.5 Å². The molecule has 0 spiro atoms. The van der Waals surface area contributed by atoms with E-state index < -0.39 is 11.7 Å². The molecule has 0 radical (unpaired) electrons. The normalized spacial score (nSPS) is 18.2. The third kappa shape index (κ3) is 8.57. The van der Waals surface area contributed by atoms with E-state index in [4.69, 9.17) is 15.2 Å². The van der Waals surface area contributed by atoms with Gasteiger partial charge in [0.1, 0.15) is 5.60 Å².